The van der Waals surface area contributed by atoms with Crippen LogP contribution < -0.4 is 0 Å². The Hall–Kier alpha value is -2.66. The second kappa shape index (κ2) is 7.06. The van der Waals surface area contributed by atoms with Gasteiger partial charge in [0.15, 0.2) is 0 Å². The quantitative estimate of drug-likeness (QED) is 0.691. The molecule has 28 heavy (non-hydrogen) atoms. The van der Waals surface area contributed by atoms with E-state index in [1.807, 2.05) is 40.8 Å². The summed E-state index contributed by atoms with van der Waals surface area (Å²) in [5.41, 5.74) is 5.42. The number of imidazole rings is 1. The van der Waals surface area contributed by atoms with Crippen molar-refractivity contribution in [2.75, 3.05) is 19.6 Å². The third-order valence-corrected chi connectivity index (χ3v) is 6.26. The molecule has 1 saturated heterocycles. The van der Waals surface area contributed by atoms with Gasteiger partial charge in [0.05, 0.1) is 0 Å². The third-order valence-electron chi connectivity index (χ3n) is 6.26. The predicted molar refractivity (Wildman–Crippen MR) is 109 cm³/mol. The number of aromatic nitrogens is 2. The number of aryl methyl sites for hydroxylation is 1. The molecule has 2 aliphatic rings. The fourth-order valence-corrected chi connectivity index (χ4v) is 4.69. The molecule has 0 N–H and O–H groups in total. The van der Waals surface area contributed by atoms with Crippen LogP contribution in [-0.2, 0) is 13.0 Å². The molecule has 0 aliphatic carbocycles. The number of nitrogens with zero attached hydrogens (tertiary/aromatic N) is 4. The summed E-state index contributed by atoms with van der Waals surface area (Å²) >= 11 is 0. The average Bonchev–Trinajstić information content (AvgIpc) is 3.19. The minimum atomic E-state index is 0.0604. The molecule has 0 radical (unpaired) electrons. The van der Waals surface area contributed by atoms with E-state index in [2.05, 4.69) is 34.1 Å². The van der Waals surface area contributed by atoms with Crippen molar-refractivity contribution in [3.63, 3.8) is 0 Å². The summed E-state index contributed by atoms with van der Waals surface area (Å²) in [6.07, 6.45) is 7.14. The van der Waals surface area contributed by atoms with Crippen molar-refractivity contribution < 1.29 is 4.79 Å². The lowest BCUT2D eigenvalue weighted by atomic mass is 9.96. The number of likely N-dealkylation sites (tertiary alicyclic amines) is 1. The average molecular weight is 374 g/mol. The number of amides is 1. The highest BCUT2D eigenvalue weighted by Gasteiger charge is 2.31. The fraction of sp³-hybridized carbons (Fsp3) is 0.391. The summed E-state index contributed by atoms with van der Waals surface area (Å²) in [4.78, 5) is 22.3. The van der Waals surface area contributed by atoms with Crippen molar-refractivity contribution in [1.29, 1.82) is 0 Å². The molecule has 0 saturated carbocycles. The first-order valence-electron chi connectivity index (χ1n) is 10.2. The highest BCUT2D eigenvalue weighted by Crippen LogP contribution is 2.25. The molecule has 2 aliphatic heterocycles. The Morgan fingerprint density at radius 1 is 1.11 bits per heavy atom. The molecule has 4 heterocycles. The molecular formula is C23H26N4O. The standard InChI is InChI=1S/C23H26N4O/c1-17-6-4-11-26-16-21(24-22(17)26)23(28)27-12-5-9-20(15-27)25-13-10-18-7-2-3-8-19(18)14-25/h2-4,6-8,11,16,20H,5,9-10,12-15H2,1H3. The van der Waals surface area contributed by atoms with Gasteiger partial charge in [-0.05, 0) is 48.9 Å². The highest BCUT2D eigenvalue weighted by molar-refractivity contribution is 5.93. The Labute approximate surface area is 165 Å². The molecule has 1 fully saturated rings. The van der Waals surface area contributed by atoms with Crippen molar-refractivity contribution in [3.8, 4) is 0 Å². The van der Waals surface area contributed by atoms with Gasteiger partial charge in [0.25, 0.3) is 5.91 Å². The molecule has 5 nitrogen and oxygen atoms in total. The zero-order valence-corrected chi connectivity index (χ0v) is 16.3. The van der Waals surface area contributed by atoms with E-state index in [1.54, 1.807) is 0 Å². The molecule has 5 rings (SSSR count). The Kier molecular flexibility index (Phi) is 4.40. The number of piperidine rings is 1. The number of benzene rings is 1. The lowest BCUT2D eigenvalue weighted by Crippen LogP contribution is -2.51. The summed E-state index contributed by atoms with van der Waals surface area (Å²) < 4.78 is 1.95. The van der Waals surface area contributed by atoms with Gasteiger partial charge in [-0.1, -0.05) is 30.3 Å². The summed E-state index contributed by atoms with van der Waals surface area (Å²) in [6.45, 7) is 5.73. The zero-order valence-electron chi connectivity index (χ0n) is 16.3. The first-order chi connectivity index (χ1) is 13.7. The third kappa shape index (κ3) is 3.10. The SMILES string of the molecule is Cc1cccn2cc(C(=O)N3CCCC(N4CCc5ccccc5C4)C3)nc12. The van der Waals surface area contributed by atoms with Crippen LogP contribution >= 0.6 is 0 Å². The van der Waals surface area contributed by atoms with Crippen LogP contribution in [0.5, 0.6) is 0 Å². The number of hydrogen-bond donors (Lipinski definition) is 0. The minimum absolute atomic E-state index is 0.0604. The summed E-state index contributed by atoms with van der Waals surface area (Å²) in [5.74, 6) is 0.0604. The van der Waals surface area contributed by atoms with Gasteiger partial charge in [-0.25, -0.2) is 4.98 Å². The Morgan fingerprint density at radius 3 is 2.82 bits per heavy atom. The van der Waals surface area contributed by atoms with Crippen LogP contribution in [0.3, 0.4) is 0 Å². The van der Waals surface area contributed by atoms with Gasteiger partial charge in [-0.15, -0.1) is 0 Å². The van der Waals surface area contributed by atoms with Crippen molar-refractivity contribution in [3.05, 3.63) is 71.2 Å². The van der Waals surface area contributed by atoms with E-state index in [4.69, 9.17) is 0 Å². The lowest BCUT2D eigenvalue weighted by molar-refractivity contribution is 0.0544. The number of rotatable bonds is 2. The van der Waals surface area contributed by atoms with Crippen LogP contribution in [0.2, 0.25) is 0 Å². The maximum absolute atomic E-state index is 13.1. The molecule has 1 amide bonds. The summed E-state index contributed by atoms with van der Waals surface area (Å²) in [7, 11) is 0. The van der Waals surface area contributed by atoms with E-state index in [0.717, 1.165) is 56.7 Å². The van der Waals surface area contributed by atoms with Gasteiger partial charge < -0.3 is 9.30 Å². The molecule has 1 unspecified atom stereocenters. The number of hydrogen-bond acceptors (Lipinski definition) is 3. The Morgan fingerprint density at radius 2 is 1.96 bits per heavy atom. The van der Waals surface area contributed by atoms with Gasteiger partial charge in [0.2, 0.25) is 0 Å². The molecule has 0 spiro atoms. The minimum Gasteiger partial charge on any atom is -0.336 e. The van der Waals surface area contributed by atoms with Crippen molar-refractivity contribution in [1.82, 2.24) is 19.2 Å². The van der Waals surface area contributed by atoms with Gasteiger partial charge in [-0.3, -0.25) is 9.69 Å². The maximum Gasteiger partial charge on any atom is 0.274 e. The molecule has 1 aromatic carbocycles. The summed E-state index contributed by atoms with van der Waals surface area (Å²) in [5, 5.41) is 0. The highest BCUT2D eigenvalue weighted by atomic mass is 16.2. The normalized spacial score (nSPS) is 20.3. The van der Waals surface area contributed by atoms with E-state index < -0.39 is 0 Å². The molecule has 3 aromatic rings. The Balaban J connectivity index is 1.32. The second-order valence-corrected chi connectivity index (χ2v) is 8.08. The maximum atomic E-state index is 13.1. The zero-order chi connectivity index (χ0) is 19.1. The monoisotopic (exact) mass is 374 g/mol. The largest absolute Gasteiger partial charge is 0.336 e. The topological polar surface area (TPSA) is 40.9 Å². The first kappa shape index (κ1) is 17.4. The molecule has 144 valence electrons. The smallest absolute Gasteiger partial charge is 0.274 e. The van der Waals surface area contributed by atoms with Crippen LogP contribution in [0.15, 0.2) is 48.8 Å². The Bertz CT molecular complexity index is 1020. The van der Waals surface area contributed by atoms with Gasteiger partial charge in [0.1, 0.15) is 11.3 Å². The van der Waals surface area contributed by atoms with E-state index in [9.17, 15) is 4.79 Å². The van der Waals surface area contributed by atoms with Crippen molar-refractivity contribution in [2.24, 2.45) is 0 Å². The number of carbonyl (C=O) groups excluding carboxylic acids is 1. The molecule has 0 bridgehead atoms. The number of pyridine rings is 1. The lowest BCUT2D eigenvalue weighted by Gasteiger charge is -2.41. The van der Waals surface area contributed by atoms with Crippen LogP contribution in [0, 0.1) is 6.92 Å². The van der Waals surface area contributed by atoms with E-state index in [0.29, 0.717) is 11.7 Å². The van der Waals surface area contributed by atoms with Crippen LogP contribution in [0.1, 0.15) is 40.0 Å². The number of fused-ring (bicyclic) bond motifs is 2. The fourth-order valence-electron chi connectivity index (χ4n) is 4.69. The molecular weight excluding hydrogens is 348 g/mol. The van der Waals surface area contributed by atoms with Gasteiger partial charge >= 0.3 is 0 Å². The van der Waals surface area contributed by atoms with Crippen LogP contribution in [0.4, 0.5) is 0 Å². The molecule has 2 aromatic heterocycles. The van der Waals surface area contributed by atoms with E-state index in [1.165, 1.54) is 11.1 Å². The molecule has 5 heteroatoms. The van der Waals surface area contributed by atoms with Gasteiger partial charge in [-0.2, -0.15) is 0 Å². The van der Waals surface area contributed by atoms with E-state index in [-0.39, 0.29) is 5.91 Å². The molecule has 1 atom stereocenters. The van der Waals surface area contributed by atoms with Crippen molar-refractivity contribution >= 4 is 11.6 Å². The second-order valence-electron chi connectivity index (χ2n) is 8.08. The van der Waals surface area contributed by atoms with E-state index >= 15 is 0 Å². The van der Waals surface area contributed by atoms with Crippen LogP contribution in [-0.4, -0.2) is 50.8 Å². The number of carbonyl (C=O) groups is 1. The van der Waals surface area contributed by atoms with Crippen LogP contribution in [0.25, 0.3) is 5.65 Å². The predicted octanol–water partition coefficient (Wildman–Crippen LogP) is 3.31. The summed E-state index contributed by atoms with van der Waals surface area (Å²) in [6, 6.07) is 13.2. The van der Waals surface area contributed by atoms with Crippen molar-refractivity contribution in [2.45, 2.75) is 38.8 Å². The first-order valence-corrected chi connectivity index (χ1v) is 10.2. The van der Waals surface area contributed by atoms with Gasteiger partial charge in [0, 0.05) is 44.6 Å².